The van der Waals surface area contributed by atoms with Crippen molar-refractivity contribution >= 4 is 17.2 Å². The van der Waals surface area contributed by atoms with Crippen molar-refractivity contribution in [2.24, 2.45) is 0 Å². The lowest BCUT2D eigenvalue weighted by molar-refractivity contribution is -0.140. The highest BCUT2D eigenvalue weighted by molar-refractivity contribution is 7.09. The Morgan fingerprint density at radius 2 is 2.14 bits per heavy atom. The predicted octanol–water partition coefficient (Wildman–Crippen LogP) is 3.39. The van der Waals surface area contributed by atoms with Crippen molar-refractivity contribution in [3.05, 3.63) is 34.2 Å². The van der Waals surface area contributed by atoms with E-state index < -0.39 is 17.9 Å². The third-order valence-electron chi connectivity index (χ3n) is 2.61. The van der Waals surface area contributed by atoms with Crippen LogP contribution in [-0.4, -0.2) is 15.0 Å². The molecule has 1 unspecified atom stereocenters. The summed E-state index contributed by atoms with van der Waals surface area (Å²) < 4.78 is 37.6. The lowest BCUT2D eigenvalue weighted by Gasteiger charge is -2.14. The van der Waals surface area contributed by atoms with E-state index in [1.165, 1.54) is 12.4 Å². The van der Waals surface area contributed by atoms with Gasteiger partial charge in [0.05, 0.1) is 18.4 Å². The van der Waals surface area contributed by atoms with Crippen LogP contribution in [0.2, 0.25) is 0 Å². The molecule has 110 valence electrons. The SMILES string of the molecule is CCC(Nc1cnc(C#N)cn1)c1nc(C(F)(F)F)cs1. The maximum Gasteiger partial charge on any atom is 0.434 e. The Hall–Kier alpha value is -2.21. The van der Waals surface area contributed by atoms with Crippen molar-refractivity contribution in [3.63, 3.8) is 0 Å². The summed E-state index contributed by atoms with van der Waals surface area (Å²) in [6, 6.07) is 1.44. The van der Waals surface area contributed by atoms with E-state index in [4.69, 9.17) is 5.26 Å². The van der Waals surface area contributed by atoms with Crippen LogP contribution in [-0.2, 0) is 6.18 Å². The smallest absolute Gasteiger partial charge is 0.360 e. The van der Waals surface area contributed by atoms with Gasteiger partial charge >= 0.3 is 6.18 Å². The van der Waals surface area contributed by atoms with Gasteiger partial charge < -0.3 is 5.32 Å². The molecule has 2 aromatic rings. The van der Waals surface area contributed by atoms with Crippen LogP contribution in [0.3, 0.4) is 0 Å². The number of hydrogen-bond acceptors (Lipinski definition) is 6. The first-order valence-electron chi connectivity index (χ1n) is 5.95. The molecule has 0 spiro atoms. The standard InChI is InChI=1S/C12H10F3N5S/c1-2-8(11-20-9(6-21-11)12(13,14)15)19-10-5-17-7(3-16)4-18-10/h4-6,8H,2H2,1H3,(H,18,19). The quantitative estimate of drug-likeness (QED) is 0.936. The van der Waals surface area contributed by atoms with Crippen molar-refractivity contribution in [1.29, 1.82) is 5.26 Å². The van der Waals surface area contributed by atoms with Crippen LogP contribution in [0.5, 0.6) is 0 Å². The Morgan fingerprint density at radius 1 is 1.38 bits per heavy atom. The molecule has 0 amide bonds. The molecule has 2 heterocycles. The highest BCUT2D eigenvalue weighted by Gasteiger charge is 2.34. The summed E-state index contributed by atoms with van der Waals surface area (Å²) in [6.07, 6.45) is -1.26. The molecular formula is C12H10F3N5S. The summed E-state index contributed by atoms with van der Waals surface area (Å²) >= 11 is 0.942. The number of thiazole rings is 1. The summed E-state index contributed by atoms with van der Waals surface area (Å²) in [5, 5.41) is 12.9. The number of rotatable bonds is 4. The van der Waals surface area contributed by atoms with Gasteiger partial charge in [-0.3, -0.25) is 0 Å². The molecule has 2 aromatic heterocycles. The Kier molecular flexibility index (Phi) is 4.37. The molecule has 1 N–H and O–H groups in total. The summed E-state index contributed by atoms with van der Waals surface area (Å²) in [5.74, 6) is 0.379. The second-order valence-corrected chi connectivity index (χ2v) is 4.96. The zero-order chi connectivity index (χ0) is 15.5. The number of halogens is 3. The zero-order valence-electron chi connectivity index (χ0n) is 10.8. The van der Waals surface area contributed by atoms with Crippen molar-refractivity contribution in [2.45, 2.75) is 25.6 Å². The molecule has 0 radical (unpaired) electrons. The molecular weight excluding hydrogens is 303 g/mol. The van der Waals surface area contributed by atoms with E-state index in [9.17, 15) is 13.2 Å². The molecule has 0 fully saturated rings. The maximum atomic E-state index is 12.5. The van der Waals surface area contributed by atoms with E-state index >= 15 is 0 Å². The van der Waals surface area contributed by atoms with Gasteiger partial charge in [-0.05, 0) is 6.42 Å². The van der Waals surface area contributed by atoms with Crippen LogP contribution in [0.1, 0.15) is 35.8 Å². The number of anilines is 1. The maximum absolute atomic E-state index is 12.5. The number of aromatic nitrogens is 3. The van der Waals surface area contributed by atoms with Crippen LogP contribution in [0.4, 0.5) is 19.0 Å². The number of nitrogens with zero attached hydrogens (tertiary/aromatic N) is 4. The minimum Gasteiger partial charge on any atom is -0.360 e. The number of nitriles is 1. The fourth-order valence-electron chi connectivity index (χ4n) is 1.56. The molecule has 0 saturated heterocycles. The molecule has 0 aliphatic rings. The van der Waals surface area contributed by atoms with Crippen LogP contribution in [0.25, 0.3) is 0 Å². The normalized spacial score (nSPS) is 12.7. The minimum absolute atomic E-state index is 0.169. The Bertz CT molecular complexity index is 644. The molecule has 9 heteroatoms. The third kappa shape index (κ3) is 3.66. The molecule has 0 bridgehead atoms. The van der Waals surface area contributed by atoms with Gasteiger partial charge in [-0.2, -0.15) is 18.4 Å². The zero-order valence-corrected chi connectivity index (χ0v) is 11.7. The van der Waals surface area contributed by atoms with Gasteiger partial charge in [0.25, 0.3) is 0 Å². The Morgan fingerprint density at radius 3 is 2.62 bits per heavy atom. The molecule has 0 aliphatic heterocycles. The average molecular weight is 313 g/mol. The van der Waals surface area contributed by atoms with E-state index in [1.807, 2.05) is 13.0 Å². The summed E-state index contributed by atoms with van der Waals surface area (Å²) in [4.78, 5) is 11.4. The van der Waals surface area contributed by atoms with Gasteiger partial charge in [-0.15, -0.1) is 11.3 Å². The first kappa shape index (κ1) is 15.2. The monoisotopic (exact) mass is 313 g/mol. The average Bonchev–Trinajstić information content (AvgIpc) is 2.95. The van der Waals surface area contributed by atoms with Gasteiger partial charge in [0.15, 0.2) is 11.4 Å². The van der Waals surface area contributed by atoms with Crippen LogP contribution >= 0.6 is 11.3 Å². The van der Waals surface area contributed by atoms with Crippen molar-refractivity contribution in [1.82, 2.24) is 15.0 Å². The Balaban J connectivity index is 2.16. The molecule has 21 heavy (non-hydrogen) atoms. The topological polar surface area (TPSA) is 74.5 Å². The number of nitrogens with one attached hydrogen (secondary N) is 1. The van der Waals surface area contributed by atoms with Crippen LogP contribution in [0, 0.1) is 11.3 Å². The predicted molar refractivity (Wildman–Crippen MR) is 70.5 cm³/mol. The molecule has 0 saturated carbocycles. The van der Waals surface area contributed by atoms with Gasteiger partial charge in [0, 0.05) is 5.38 Å². The number of alkyl halides is 3. The minimum atomic E-state index is -4.44. The first-order valence-corrected chi connectivity index (χ1v) is 6.83. The fraction of sp³-hybridized carbons (Fsp3) is 0.333. The first-order chi connectivity index (χ1) is 9.94. The molecule has 1 atom stereocenters. The van der Waals surface area contributed by atoms with Gasteiger partial charge in [0.2, 0.25) is 0 Å². The van der Waals surface area contributed by atoms with Crippen molar-refractivity contribution in [2.75, 3.05) is 5.32 Å². The lowest BCUT2D eigenvalue weighted by Crippen LogP contribution is -2.12. The summed E-state index contributed by atoms with van der Waals surface area (Å²) in [5.41, 5.74) is -0.726. The molecule has 2 rings (SSSR count). The summed E-state index contributed by atoms with van der Waals surface area (Å²) in [6.45, 7) is 1.82. The van der Waals surface area contributed by atoms with E-state index in [2.05, 4.69) is 20.3 Å². The fourth-order valence-corrected chi connectivity index (χ4v) is 2.51. The highest BCUT2D eigenvalue weighted by atomic mass is 32.1. The van der Waals surface area contributed by atoms with Crippen LogP contribution < -0.4 is 5.32 Å². The molecule has 0 aliphatic carbocycles. The van der Waals surface area contributed by atoms with E-state index in [1.54, 1.807) is 0 Å². The van der Waals surface area contributed by atoms with E-state index in [0.29, 0.717) is 17.2 Å². The van der Waals surface area contributed by atoms with Gasteiger partial charge in [0.1, 0.15) is 16.9 Å². The van der Waals surface area contributed by atoms with Crippen LogP contribution in [0.15, 0.2) is 17.8 Å². The third-order valence-corrected chi connectivity index (χ3v) is 3.57. The second kappa shape index (κ2) is 6.05. The lowest BCUT2D eigenvalue weighted by atomic mass is 10.2. The van der Waals surface area contributed by atoms with E-state index in [-0.39, 0.29) is 5.69 Å². The molecule has 5 nitrogen and oxygen atoms in total. The Labute approximate surface area is 122 Å². The van der Waals surface area contributed by atoms with Gasteiger partial charge in [-0.25, -0.2) is 15.0 Å². The largest absolute Gasteiger partial charge is 0.434 e. The second-order valence-electron chi connectivity index (χ2n) is 4.07. The summed E-state index contributed by atoms with van der Waals surface area (Å²) in [7, 11) is 0. The van der Waals surface area contributed by atoms with Crippen molar-refractivity contribution in [3.8, 4) is 6.07 Å². The highest BCUT2D eigenvalue weighted by Crippen LogP contribution is 2.33. The van der Waals surface area contributed by atoms with E-state index in [0.717, 1.165) is 16.7 Å². The van der Waals surface area contributed by atoms with Crippen molar-refractivity contribution < 1.29 is 13.2 Å². The van der Waals surface area contributed by atoms with Gasteiger partial charge in [-0.1, -0.05) is 6.92 Å². The number of hydrogen-bond donors (Lipinski definition) is 1. The molecule has 0 aromatic carbocycles.